The lowest BCUT2D eigenvalue weighted by molar-refractivity contribution is 0.0792. The zero-order valence-electron chi connectivity index (χ0n) is 13.0. The highest BCUT2D eigenvalue weighted by molar-refractivity contribution is 7.89. The summed E-state index contributed by atoms with van der Waals surface area (Å²) in [7, 11) is -2.12. The van der Waals surface area contributed by atoms with E-state index in [2.05, 4.69) is 4.72 Å². The SMILES string of the molecule is COCCNS(=O)(=O)c1ccc(C)c(C(=O)N2CCCC2)c1. The minimum Gasteiger partial charge on any atom is -0.383 e. The lowest BCUT2D eigenvalue weighted by Crippen LogP contribution is -2.30. The van der Waals surface area contributed by atoms with Crippen molar-refractivity contribution in [3.05, 3.63) is 29.3 Å². The number of hydrogen-bond donors (Lipinski definition) is 1. The van der Waals surface area contributed by atoms with Gasteiger partial charge in [-0.05, 0) is 37.5 Å². The number of amides is 1. The lowest BCUT2D eigenvalue weighted by atomic mass is 10.1. The van der Waals surface area contributed by atoms with Gasteiger partial charge in [0.2, 0.25) is 10.0 Å². The maximum Gasteiger partial charge on any atom is 0.254 e. The number of carbonyl (C=O) groups is 1. The van der Waals surface area contributed by atoms with Crippen molar-refractivity contribution in [2.75, 3.05) is 33.4 Å². The number of carbonyl (C=O) groups excluding carboxylic acids is 1. The quantitative estimate of drug-likeness (QED) is 0.796. The maximum absolute atomic E-state index is 12.5. The third-order valence-corrected chi connectivity index (χ3v) is 5.20. The van der Waals surface area contributed by atoms with Gasteiger partial charge in [-0.3, -0.25) is 4.79 Å². The third kappa shape index (κ3) is 3.85. The number of benzene rings is 1. The Kier molecular flexibility index (Phi) is 5.55. The summed E-state index contributed by atoms with van der Waals surface area (Å²) in [5.41, 5.74) is 1.24. The fourth-order valence-electron chi connectivity index (χ4n) is 2.45. The zero-order valence-corrected chi connectivity index (χ0v) is 13.8. The van der Waals surface area contributed by atoms with Gasteiger partial charge in [0.1, 0.15) is 0 Å². The monoisotopic (exact) mass is 326 g/mol. The first-order chi connectivity index (χ1) is 10.5. The highest BCUT2D eigenvalue weighted by atomic mass is 32.2. The Morgan fingerprint density at radius 2 is 2.00 bits per heavy atom. The number of nitrogens with zero attached hydrogens (tertiary/aromatic N) is 1. The summed E-state index contributed by atoms with van der Waals surface area (Å²) in [6.07, 6.45) is 2.00. The van der Waals surface area contributed by atoms with E-state index in [0.29, 0.717) is 12.2 Å². The molecule has 1 saturated heterocycles. The Balaban J connectivity index is 2.24. The van der Waals surface area contributed by atoms with Crippen molar-refractivity contribution < 1.29 is 17.9 Å². The molecule has 0 aromatic heterocycles. The standard InChI is InChI=1S/C15H22N2O4S/c1-12-5-6-13(22(19,20)16-7-10-21-2)11-14(12)15(18)17-8-3-4-9-17/h5-6,11,16H,3-4,7-10H2,1-2H3. The van der Waals surface area contributed by atoms with E-state index in [4.69, 9.17) is 4.74 Å². The molecule has 2 rings (SSSR count). The van der Waals surface area contributed by atoms with Gasteiger partial charge < -0.3 is 9.64 Å². The van der Waals surface area contributed by atoms with Crippen LogP contribution in [-0.2, 0) is 14.8 Å². The van der Waals surface area contributed by atoms with E-state index >= 15 is 0 Å². The molecule has 1 aromatic rings. The molecule has 0 bridgehead atoms. The molecule has 1 amide bonds. The Morgan fingerprint density at radius 3 is 2.64 bits per heavy atom. The van der Waals surface area contributed by atoms with Crippen LogP contribution in [0.25, 0.3) is 0 Å². The molecule has 1 heterocycles. The Morgan fingerprint density at radius 1 is 1.32 bits per heavy atom. The van der Waals surface area contributed by atoms with Crippen molar-refractivity contribution >= 4 is 15.9 Å². The zero-order chi connectivity index (χ0) is 16.2. The van der Waals surface area contributed by atoms with Crippen LogP contribution in [-0.4, -0.2) is 52.6 Å². The Hall–Kier alpha value is -1.44. The number of nitrogens with one attached hydrogen (secondary N) is 1. The van der Waals surface area contributed by atoms with E-state index in [-0.39, 0.29) is 17.3 Å². The minimum atomic E-state index is -3.63. The van der Waals surface area contributed by atoms with Crippen molar-refractivity contribution in [1.82, 2.24) is 9.62 Å². The van der Waals surface area contributed by atoms with Gasteiger partial charge in [0.15, 0.2) is 0 Å². The van der Waals surface area contributed by atoms with Crippen molar-refractivity contribution in [3.63, 3.8) is 0 Å². The van der Waals surface area contributed by atoms with Gasteiger partial charge in [0.05, 0.1) is 11.5 Å². The molecule has 1 aliphatic rings. The van der Waals surface area contributed by atoms with Crippen LogP contribution in [0.2, 0.25) is 0 Å². The molecule has 1 N–H and O–H groups in total. The number of hydrogen-bond acceptors (Lipinski definition) is 4. The first-order valence-electron chi connectivity index (χ1n) is 7.34. The first-order valence-corrected chi connectivity index (χ1v) is 8.82. The summed E-state index contributed by atoms with van der Waals surface area (Å²) in [6.45, 7) is 3.79. The van der Waals surface area contributed by atoms with Gasteiger partial charge in [-0.1, -0.05) is 6.07 Å². The van der Waals surface area contributed by atoms with Crippen molar-refractivity contribution in [2.24, 2.45) is 0 Å². The van der Waals surface area contributed by atoms with E-state index in [1.54, 1.807) is 11.0 Å². The Labute approximate surface area is 131 Å². The molecule has 1 aliphatic heterocycles. The molecule has 0 unspecified atom stereocenters. The average Bonchev–Trinajstić information content (AvgIpc) is 3.01. The average molecular weight is 326 g/mol. The van der Waals surface area contributed by atoms with Crippen LogP contribution >= 0.6 is 0 Å². The van der Waals surface area contributed by atoms with Crippen molar-refractivity contribution in [2.45, 2.75) is 24.7 Å². The lowest BCUT2D eigenvalue weighted by Gasteiger charge is -2.17. The number of methoxy groups -OCH3 is 1. The van der Waals surface area contributed by atoms with Gasteiger partial charge in [-0.15, -0.1) is 0 Å². The van der Waals surface area contributed by atoms with Crippen LogP contribution in [0.1, 0.15) is 28.8 Å². The van der Waals surface area contributed by atoms with Crippen molar-refractivity contribution in [1.29, 1.82) is 0 Å². The molecule has 1 aromatic carbocycles. The van der Waals surface area contributed by atoms with Crippen LogP contribution in [0, 0.1) is 6.92 Å². The Bertz CT molecular complexity index is 637. The van der Waals surface area contributed by atoms with E-state index in [9.17, 15) is 13.2 Å². The third-order valence-electron chi connectivity index (χ3n) is 3.74. The number of rotatable bonds is 6. The molecule has 122 valence electrons. The predicted molar refractivity (Wildman–Crippen MR) is 83.4 cm³/mol. The topological polar surface area (TPSA) is 75.7 Å². The molecular weight excluding hydrogens is 304 g/mol. The molecule has 0 radical (unpaired) electrons. The molecule has 6 nitrogen and oxygen atoms in total. The molecule has 1 fully saturated rings. The van der Waals surface area contributed by atoms with Crippen LogP contribution < -0.4 is 4.72 Å². The highest BCUT2D eigenvalue weighted by Crippen LogP contribution is 2.19. The van der Waals surface area contributed by atoms with E-state index < -0.39 is 10.0 Å². The molecule has 7 heteroatoms. The van der Waals surface area contributed by atoms with Crippen LogP contribution in [0.3, 0.4) is 0 Å². The molecule has 0 aliphatic carbocycles. The summed E-state index contributed by atoms with van der Waals surface area (Å²) in [4.78, 5) is 14.4. The van der Waals surface area contributed by atoms with E-state index in [1.807, 2.05) is 6.92 Å². The highest BCUT2D eigenvalue weighted by Gasteiger charge is 2.23. The fourth-order valence-corrected chi connectivity index (χ4v) is 3.49. The second-order valence-corrected chi connectivity index (χ2v) is 7.13. The van der Waals surface area contributed by atoms with Gasteiger partial charge in [0, 0.05) is 32.3 Å². The number of ether oxygens (including phenoxy) is 1. The number of likely N-dealkylation sites (tertiary alicyclic amines) is 1. The van der Waals surface area contributed by atoms with Gasteiger partial charge >= 0.3 is 0 Å². The number of aryl methyl sites for hydroxylation is 1. The summed E-state index contributed by atoms with van der Waals surface area (Å²) in [5.74, 6) is -0.0936. The second-order valence-electron chi connectivity index (χ2n) is 5.37. The predicted octanol–water partition coefficient (Wildman–Crippen LogP) is 1.16. The molecule has 22 heavy (non-hydrogen) atoms. The fraction of sp³-hybridized carbons (Fsp3) is 0.533. The molecular formula is C15H22N2O4S. The normalized spacial score (nSPS) is 15.3. The van der Waals surface area contributed by atoms with E-state index in [1.165, 1.54) is 19.2 Å². The largest absolute Gasteiger partial charge is 0.383 e. The van der Waals surface area contributed by atoms with Crippen LogP contribution in [0.5, 0.6) is 0 Å². The summed E-state index contributed by atoms with van der Waals surface area (Å²) in [6, 6.07) is 4.66. The summed E-state index contributed by atoms with van der Waals surface area (Å²) < 4.78 is 31.7. The molecule has 0 spiro atoms. The molecule has 0 atom stereocenters. The van der Waals surface area contributed by atoms with Crippen LogP contribution in [0.15, 0.2) is 23.1 Å². The van der Waals surface area contributed by atoms with Crippen LogP contribution in [0.4, 0.5) is 0 Å². The number of sulfonamides is 1. The minimum absolute atomic E-state index is 0.0936. The van der Waals surface area contributed by atoms with Crippen molar-refractivity contribution in [3.8, 4) is 0 Å². The second kappa shape index (κ2) is 7.21. The maximum atomic E-state index is 12.5. The van der Waals surface area contributed by atoms with Gasteiger partial charge in [-0.2, -0.15) is 0 Å². The van der Waals surface area contributed by atoms with Gasteiger partial charge in [-0.25, -0.2) is 13.1 Å². The summed E-state index contributed by atoms with van der Waals surface area (Å²) in [5, 5.41) is 0. The first kappa shape index (κ1) is 16.9. The molecule has 0 saturated carbocycles. The smallest absolute Gasteiger partial charge is 0.254 e. The summed E-state index contributed by atoms with van der Waals surface area (Å²) >= 11 is 0. The van der Waals surface area contributed by atoms with E-state index in [0.717, 1.165) is 31.5 Å². The van der Waals surface area contributed by atoms with Gasteiger partial charge in [0.25, 0.3) is 5.91 Å².